The second-order valence-corrected chi connectivity index (χ2v) is 5.75. The number of benzene rings is 1. The smallest absolute Gasteiger partial charge is 0.340 e. The van der Waals surface area contributed by atoms with Crippen LogP contribution in [0.3, 0.4) is 0 Å². The van der Waals surface area contributed by atoms with Crippen LogP contribution in [0.15, 0.2) is 24.3 Å². The van der Waals surface area contributed by atoms with Crippen LogP contribution >= 0.6 is 11.8 Å². The van der Waals surface area contributed by atoms with Crippen molar-refractivity contribution in [1.82, 2.24) is 0 Å². The lowest BCUT2D eigenvalue weighted by Crippen LogP contribution is -2.34. The third-order valence-electron chi connectivity index (χ3n) is 3.16. The Morgan fingerprint density at radius 3 is 2.86 bits per heavy atom. The van der Waals surface area contributed by atoms with Crippen molar-refractivity contribution in [2.75, 3.05) is 23.4 Å². The number of hydrogen-bond donors (Lipinski definition) is 1. The summed E-state index contributed by atoms with van der Waals surface area (Å²) in [4.78, 5) is 35.8. The van der Waals surface area contributed by atoms with Gasteiger partial charge in [0, 0.05) is 17.9 Å². The van der Waals surface area contributed by atoms with Gasteiger partial charge in [-0.25, -0.2) is 4.79 Å². The first-order chi connectivity index (χ1) is 10.1. The molecule has 112 valence electrons. The molecular weight excluding hydrogens is 290 g/mol. The fourth-order valence-electron chi connectivity index (χ4n) is 2.06. The topological polar surface area (TPSA) is 72.5 Å². The average molecular weight is 307 g/mol. The van der Waals surface area contributed by atoms with Crippen LogP contribution in [0.5, 0.6) is 0 Å². The standard InChI is InChI=1S/C15H17NO4S/c1-2-20-15(19)10-5-3-4-6-12(10)16-14(18)11-9-21-8-7-13(11)17/h3-6,11H,2,7-9H2,1H3,(H,16,18). The van der Waals surface area contributed by atoms with Gasteiger partial charge in [0.1, 0.15) is 11.7 Å². The number of anilines is 1. The van der Waals surface area contributed by atoms with E-state index in [4.69, 9.17) is 4.74 Å². The Bertz CT molecular complexity index is 558. The largest absolute Gasteiger partial charge is 0.462 e. The molecule has 0 spiro atoms. The molecule has 1 amide bonds. The number of thioether (sulfide) groups is 1. The number of ketones is 1. The van der Waals surface area contributed by atoms with Crippen LogP contribution in [0, 0.1) is 5.92 Å². The summed E-state index contributed by atoms with van der Waals surface area (Å²) in [6, 6.07) is 6.63. The minimum atomic E-state index is -0.640. The van der Waals surface area contributed by atoms with Crippen LogP contribution in [0.1, 0.15) is 23.7 Å². The lowest BCUT2D eigenvalue weighted by molar-refractivity contribution is -0.130. The molecule has 1 fully saturated rings. The monoisotopic (exact) mass is 307 g/mol. The molecule has 5 nitrogen and oxygen atoms in total. The van der Waals surface area contributed by atoms with E-state index >= 15 is 0 Å². The van der Waals surface area contributed by atoms with E-state index in [-0.39, 0.29) is 18.3 Å². The van der Waals surface area contributed by atoms with E-state index in [2.05, 4.69) is 5.32 Å². The predicted octanol–water partition coefficient (Wildman–Crippen LogP) is 2.12. The van der Waals surface area contributed by atoms with E-state index in [0.717, 1.165) is 5.75 Å². The quantitative estimate of drug-likeness (QED) is 0.681. The Kier molecular flexibility index (Phi) is 5.38. The molecule has 1 aliphatic heterocycles. The van der Waals surface area contributed by atoms with Gasteiger partial charge in [-0.05, 0) is 19.1 Å². The second-order valence-electron chi connectivity index (χ2n) is 4.60. The number of hydrogen-bond acceptors (Lipinski definition) is 5. The summed E-state index contributed by atoms with van der Waals surface area (Å²) < 4.78 is 4.96. The first-order valence-corrected chi connectivity index (χ1v) is 7.96. The second kappa shape index (κ2) is 7.26. The van der Waals surface area contributed by atoms with Gasteiger partial charge in [-0.2, -0.15) is 11.8 Å². The maximum Gasteiger partial charge on any atom is 0.340 e. The average Bonchev–Trinajstić information content (AvgIpc) is 2.48. The highest BCUT2D eigenvalue weighted by Crippen LogP contribution is 2.23. The van der Waals surface area contributed by atoms with Gasteiger partial charge >= 0.3 is 5.97 Å². The van der Waals surface area contributed by atoms with Gasteiger partial charge in [-0.3, -0.25) is 9.59 Å². The minimum Gasteiger partial charge on any atom is -0.462 e. The van der Waals surface area contributed by atoms with Gasteiger partial charge in [0.15, 0.2) is 0 Å². The number of amides is 1. The van der Waals surface area contributed by atoms with Crippen molar-refractivity contribution in [3.8, 4) is 0 Å². The molecule has 0 bridgehead atoms. The third kappa shape index (κ3) is 3.85. The molecule has 1 aromatic carbocycles. The molecule has 0 aromatic heterocycles. The Labute approximate surface area is 127 Å². The van der Waals surface area contributed by atoms with Crippen LogP contribution in [0.25, 0.3) is 0 Å². The summed E-state index contributed by atoms with van der Waals surface area (Å²) in [6.45, 7) is 1.98. The minimum absolute atomic E-state index is 0.0418. The highest BCUT2D eigenvalue weighted by atomic mass is 32.2. The van der Waals surface area contributed by atoms with Gasteiger partial charge in [-0.1, -0.05) is 12.1 Å². The van der Waals surface area contributed by atoms with Crippen LogP contribution in [0.4, 0.5) is 5.69 Å². The lowest BCUT2D eigenvalue weighted by atomic mass is 10.0. The summed E-state index contributed by atoms with van der Waals surface area (Å²) in [5, 5.41) is 2.68. The van der Waals surface area contributed by atoms with Gasteiger partial charge in [-0.15, -0.1) is 0 Å². The molecule has 1 unspecified atom stereocenters. The van der Waals surface area contributed by atoms with E-state index in [1.165, 1.54) is 0 Å². The number of ether oxygens (including phenoxy) is 1. The van der Waals surface area contributed by atoms with Crippen molar-refractivity contribution in [3.63, 3.8) is 0 Å². The molecule has 0 saturated carbocycles. The molecule has 0 radical (unpaired) electrons. The molecule has 1 aliphatic rings. The lowest BCUT2D eigenvalue weighted by Gasteiger charge is -2.20. The van der Waals surface area contributed by atoms with Crippen molar-refractivity contribution in [2.45, 2.75) is 13.3 Å². The summed E-state index contributed by atoms with van der Waals surface area (Å²) in [6.07, 6.45) is 0.419. The highest BCUT2D eigenvalue weighted by Gasteiger charge is 2.30. The number of Topliss-reactive ketones (excluding diaryl/α,β-unsaturated/α-hetero) is 1. The van der Waals surface area contributed by atoms with Crippen molar-refractivity contribution < 1.29 is 19.1 Å². The van der Waals surface area contributed by atoms with E-state index < -0.39 is 11.9 Å². The zero-order valence-corrected chi connectivity index (χ0v) is 12.6. The molecule has 1 heterocycles. The number of carbonyl (C=O) groups excluding carboxylic acids is 3. The Morgan fingerprint density at radius 1 is 1.38 bits per heavy atom. The molecule has 1 saturated heterocycles. The predicted molar refractivity (Wildman–Crippen MR) is 81.5 cm³/mol. The van der Waals surface area contributed by atoms with Crippen molar-refractivity contribution in [2.24, 2.45) is 5.92 Å². The van der Waals surface area contributed by atoms with Crippen LogP contribution < -0.4 is 5.32 Å². The molecule has 1 aromatic rings. The number of nitrogens with one attached hydrogen (secondary N) is 1. The summed E-state index contributed by atoms with van der Waals surface area (Å²) >= 11 is 1.59. The molecule has 2 rings (SSSR count). The zero-order chi connectivity index (χ0) is 15.2. The Hall–Kier alpha value is -1.82. The van der Waals surface area contributed by atoms with E-state index in [1.807, 2.05) is 0 Å². The number of carbonyl (C=O) groups is 3. The summed E-state index contributed by atoms with van der Waals surface area (Å²) in [7, 11) is 0. The molecule has 0 aliphatic carbocycles. The summed E-state index contributed by atoms with van der Waals surface area (Å²) in [5.41, 5.74) is 0.674. The SMILES string of the molecule is CCOC(=O)c1ccccc1NC(=O)C1CSCCC1=O. The van der Waals surface area contributed by atoms with Crippen LogP contribution in [0.2, 0.25) is 0 Å². The van der Waals surface area contributed by atoms with Crippen LogP contribution in [-0.4, -0.2) is 35.8 Å². The number of esters is 1. The summed E-state index contributed by atoms with van der Waals surface area (Å²) in [5.74, 6) is -0.269. The van der Waals surface area contributed by atoms with Crippen LogP contribution in [-0.2, 0) is 14.3 Å². The molecular formula is C15H17NO4S. The van der Waals surface area contributed by atoms with Gasteiger partial charge < -0.3 is 10.1 Å². The highest BCUT2D eigenvalue weighted by molar-refractivity contribution is 7.99. The first kappa shape index (κ1) is 15.6. The number of para-hydroxylation sites is 1. The van der Waals surface area contributed by atoms with E-state index in [9.17, 15) is 14.4 Å². The molecule has 1 N–H and O–H groups in total. The molecule has 1 atom stereocenters. The van der Waals surface area contributed by atoms with Crippen molar-refractivity contribution in [1.29, 1.82) is 0 Å². The normalized spacial score (nSPS) is 18.1. The fraction of sp³-hybridized carbons (Fsp3) is 0.400. The number of rotatable bonds is 4. The Balaban J connectivity index is 2.13. The molecule has 6 heteroatoms. The third-order valence-corrected chi connectivity index (χ3v) is 4.22. The molecule has 21 heavy (non-hydrogen) atoms. The van der Waals surface area contributed by atoms with E-state index in [1.54, 1.807) is 43.0 Å². The maximum absolute atomic E-state index is 12.2. The van der Waals surface area contributed by atoms with Gasteiger partial charge in [0.05, 0.1) is 17.9 Å². The van der Waals surface area contributed by atoms with Gasteiger partial charge in [0.25, 0.3) is 0 Å². The van der Waals surface area contributed by atoms with E-state index in [0.29, 0.717) is 23.4 Å². The fourth-order valence-corrected chi connectivity index (χ4v) is 3.15. The Morgan fingerprint density at radius 2 is 2.14 bits per heavy atom. The van der Waals surface area contributed by atoms with Crippen molar-refractivity contribution in [3.05, 3.63) is 29.8 Å². The first-order valence-electron chi connectivity index (χ1n) is 6.81. The zero-order valence-electron chi connectivity index (χ0n) is 11.8. The van der Waals surface area contributed by atoms with Gasteiger partial charge in [0.2, 0.25) is 5.91 Å². The maximum atomic E-state index is 12.2. The van der Waals surface area contributed by atoms with Crippen molar-refractivity contribution >= 4 is 35.1 Å².